The Morgan fingerprint density at radius 3 is 2.85 bits per heavy atom. The molecule has 0 N–H and O–H groups in total. The van der Waals surface area contributed by atoms with Gasteiger partial charge in [0, 0.05) is 41.6 Å². The number of nitrogens with zero attached hydrogens (tertiary/aromatic N) is 2. The van der Waals surface area contributed by atoms with E-state index in [0.717, 1.165) is 29.2 Å². The summed E-state index contributed by atoms with van der Waals surface area (Å²) in [6, 6.07) is 13.8. The fraction of sp³-hybridized carbons (Fsp3) is 0.238. The van der Waals surface area contributed by atoms with Gasteiger partial charge >= 0.3 is 0 Å². The van der Waals surface area contributed by atoms with Gasteiger partial charge in [-0.25, -0.2) is 9.37 Å². The van der Waals surface area contributed by atoms with Gasteiger partial charge in [-0.3, -0.25) is 4.79 Å². The van der Waals surface area contributed by atoms with E-state index in [-0.39, 0.29) is 17.6 Å². The lowest BCUT2D eigenvalue weighted by Gasteiger charge is -2.16. The minimum Gasteiger partial charge on any atom is -0.496 e. The van der Waals surface area contributed by atoms with Crippen molar-refractivity contribution in [2.45, 2.75) is 12.3 Å². The number of carbonyl (C=O) groups is 1. The summed E-state index contributed by atoms with van der Waals surface area (Å²) < 4.78 is 18.7. The van der Waals surface area contributed by atoms with Crippen molar-refractivity contribution < 1.29 is 13.9 Å². The third-order valence-corrected chi connectivity index (χ3v) is 5.81. The zero-order valence-corrected chi connectivity index (χ0v) is 15.7. The number of hydrogen-bond donors (Lipinski definition) is 0. The maximum atomic E-state index is 13.4. The summed E-state index contributed by atoms with van der Waals surface area (Å²) in [5, 5.41) is 2.96. The van der Waals surface area contributed by atoms with Gasteiger partial charge in [-0.2, -0.15) is 0 Å². The van der Waals surface area contributed by atoms with Gasteiger partial charge in [0.1, 0.15) is 11.6 Å². The molecule has 6 heteroatoms. The Hall–Kier alpha value is -2.73. The number of halogens is 1. The molecule has 138 valence electrons. The highest BCUT2D eigenvalue weighted by Gasteiger charge is 2.30. The van der Waals surface area contributed by atoms with Crippen molar-refractivity contribution in [3.8, 4) is 17.0 Å². The van der Waals surface area contributed by atoms with Crippen LogP contribution in [0.3, 0.4) is 0 Å². The molecule has 2 aromatic carbocycles. The summed E-state index contributed by atoms with van der Waals surface area (Å²) in [5.74, 6) is 0.425. The second-order valence-electron chi connectivity index (χ2n) is 6.52. The van der Waals surface area contributed by atoms with Gasteiger partial charge in [-0.05, 0) is 30.7 Å². The molecule has 4 rings (SSSR count). The van der Waals surface area contributed by atoms with E-state index in [1.165, 1.54) is 19.2 Å². The maximum Gasteiger partial charge on any atom is 0.253 e. The molecule has 0 radical (unpaired) electrons. The lowest BCUT2D eigenvalue weighted by molar-refractivity contribution is 0.0791. The molecule has 0 bridgehead atoms. The Labute approximate surface area is 161 Å². The first-order valence-corrected chi connectivity index (χ1v) is 9.67. The Kier molecular flexibility index (Phi) is 4.90. The zero-order valence-electron chi connectivity index (χ0n) is 14.9. The van der Waals surface area contributed by atoms with Gasteiger partial charge in [0.15, 0.2) is 0 Å². The van der Waals surface area contributed by atoms with Crippen LogP contribution in [-0.4, -0.2) is 36.0 Å². The highest BCUT2D eigenvalue weighted by atomic mass is 32.1. The van der Waals surface area contributed by atoms with Gasteiger partial charge in [0.05, 0.1) is 17.8 Å². The van der Waals surface area contributed by atoms with E-state index >= 15 is 0 Å². The molecule has 0 saturated carbocycles. The lowest BCUT2D eigenvalue weighted by atomic mass is 10.1. The first-order valence-electron chi connectivity index (χ1n) is 8.79. The summed E-state index contributed by atoms with van der Waals surface area (Å²) in [4.78, 5) is 19.3. The number of methoxy groups -OCH3 is 1. The number of amides is 1. The first kappa shape index (κ1) is 17.7. The molecule has 1 atom stereocenters. The maximum absolute atomic E-state index is 13.4. The molecule has 1 unspecified atom stereocenters. The summed E-state index contributed by atoms with van der Waals surface area (Å²) in [6.07, 6.45) is 0.895. The smallest absolute Gasteiger partial charge is 0.253 e. The van der Waals surface area contributed by atoms with Crippen LogP contribution in [0.4, 0.5) is 4.39 Å². The van der Waals surface area contributed by atoms with Crippen LogP contribution in [0.1, 0.15) is 27.7 Å². The van der Waals surface area contributed by atoms with Crippen molar-refractivity contribution in [2.24, 2.45) is 0 Å². The van der Waals surface area contributed by atoms with Crippen LogP contribution in [-0.2, 0) is 0 Å². The SMILES string of the molecule is COc1cc(F)ccc1-c1csc(C2CCN(C(=O)c3ccccc3)C2)n1. The van der Waals surface area contributed by atoms with E-state index in [1.54, 1.807) is 17.4 Å². The zero-order chi connectivity index (χ0) is 18.8. The van der Waals surface area contributed by atoms with Crippen LogP contribution in [0.25, 0.3) is 11.3 Å². The average Bonchev–Trinajstić information content (AvgIpc) is 3.37. The quantitative estimate of drug-likeness (QED) is 0.663. The minimum atomic E-state index is -0.336. The third-order valence-electron chi connectivity index (χ3n) is 4.81. The molecule has 27 heavy (non-hydrogen) atoms. The number of likely N-dealkylation sites (tertiary alicyclic amines) is 1. The molecule has 1 aliphatic heterocycles. The molecule has 1 aromatic heterocycles. The predicted octanol–water partition coefficient (Wildman–Crippen LogP) is 4.59. The number of carbonyl (C=O) groups excluding carboxylic acids is 1. The Morgan fingerprint density at radius 2 is 2.07 bits per heavy atom. The fourth-order valence-corrected chi connectivity index (χ4v) is 4.33. The molecule has 0 spiro atoms. The summed E-state index contributed by atoms with van der Waals surface area (Å²) in [6.45, 7) is 1.40. The van der Waals surface area contributed by atoms with E-state index in [9.17, 15) is 9.18 Å². The predicted molar refractivity (Wildman–Crippen MR) is 104 cm³/mol. The number of thiazole rings is 1. The van der Waals surface area contributed by atoms with E-state index in [4.69, 9.17) is 9.72 Å². The van der Waals surface area contributed by atoms with Crippen LogP contribution in [0, 0.1) is 5.82 Å². The number of hydrogen-bond acceptors (Lipinski definition) is 4. The molecule has 2 heterocycles. The monoisotopic (exact) mass is 382 g/mol. The summed E-state index contributed by atoms with van der Waals surface area (Å²) in [5.41, 5.74) is 2.27. The Bertz CT molecular complexity index is 958. The van der Waals surface area contributed by atoms with Crippen LogP contribution < -0.4 is 4.74 Å². The standard InChI is InChI=1S/C21H19FN2O2S/c1-26-19-11-16(22)7-8-17(19)18-13-27-20(23-18)15-9-10-24(12-15)21(25)14-5-3-2-4-6-14/h2-8,11,13,15H,9-10,12H2,1H3. The van der Waals surface area contributed by atoms with Gasteiger partial charge < -0.3 is 9.64 Å². The van der Waals surface area contributed by atoms with Crippen molar-refractivity contribution in [3.05, 3.63) is 70.3 Å². The van der Waals surface area contributed by atoms with Gasteiger partial charge in [0.2, 0.25) is 0 Å². The van der Waals surface area contributed by atoms with Crippen LogP contribution >= 0.6 is 11.3 Å². The van der Waals surface area contributed by atoms with Gasteiger partial charge in [-0.15, -0.1) is 11.3 Å². The molecular formula is C21H19FN2O2S. The molecule has 4 nitrogen and oxygen atoms in total. The van der Waals surface area contributed by atoms with Crippen molar-refractivity contribution in [1.29, 1.82) is 0 Å². The number of aromatic nitrogens is 1. The molecule has 1 saturated heterocycles. The van der Waals surface area contributed by atoms with Crippen molar-refractivity contribution in [3.63, 3.8) is 0 Å². The van der Waals surface area contributed by atoms with E-state index in [1.807, 2.05) is 40.6 Å². The normalized spacial score (nSPS) is 16.5. The molecule has 1 fully saturated rings. The second-order valence-corrected chi connectivity index (χ2v) is 7.41. The largest absolute Gasteiger partial charge is 0.496 e. The van der Waals surface area contributed by atoms with Crippen molar-refractivity contribution in [2.75, 3.05) is 20.2 Å². The highest BCUT2D eigenvalue weighted by molar-refractivity contribution is 7.10. The van der Waals surface area contributed by atoms with Gasteiger partial charge in [0.25, 0.3) is 5.91 Å². The summed E-state index contributed by atoms with van der Waals surface area (Å²) in [7, 11) is 1.52. The van der Waals surface area contributed by atoms with Crippen molar-refractivity contribution in [1.82, 2.24) is 9.88 Å². The highest BCUT2D eigenvalue weighted by Crippen LogP contribution is 2.36. The Morgan fingerprint density at radius 1 is 1.26 bits per heavy atom. The molecule has 1 amide bonds. The molecular weight excluding hydrogens is 363 g/mol. The number of benzene rings is 2. The van der Waals surface area contributed by atoms with Crippen LogP contribution in [0.5, 0.6) is 5.75 Å². The first-order chi connectivity index (χ1) is 13.2. The van der Waals surface area contributed by atoms with E-state index in [0.29, 0.717) is 17.9 Å². The van der Waals surface area contributed by atoms with Crippen LogP contribution in [0.2, 0.25) is 0 Å². The molecule has 1 aliphatic rings. The fourth-order valence-electron chi connectivity index (χ4n) is 3.39. The third kappa shape index (κ3) is 3.57. The van der Waals surface area contributed by atoms with Crippen LogP contribution in [0.15, 0.2) is 53.9 Å². The average molecular weight is 382 g/mol. The Balaban J connectivity index is 1.51. The van der Waals surface area contributed by atoms with E-state index < -0.39 is 0 Å². The van der Waals surface area contributed by atoms with Gasteiger partial charge in [-0.1, -0.05) is 18.2 Å². The summed E-state index contributed by atoms with van der Waals surface area (Å²) >= 11 is 1.58. The lowest BCUT2D eigenvalue weighted by Crippen LogP contribution is -2.28. The number of rotatable bonds is 4. The van der Waals surface area contributed by atoms with E-state index in [2.05, 4.69) is 0 Å². The molecule has 0 aliphatic carbocycles. The molecule has 3 aromatic rings. The number of ether oxygens (including phenoxy) is 1. The van der Waals surface area contributed by atoms with Crippen molar-refractivity contribution >= 4 is 17.2 Å². The topological polar surface area (TPSA) is 42.4 Å². The second kappa shape index (κ2) is 7.48. The minimum absolute atomic E-state index is 0.0649.